The minimum absolute atomic E-state index is 0.540. The van der Waals surface area contributed by atoms with Crippen molar-refractivity contribution in [3.05, 3.63) is 57.8 Å². The SMILES string of the molecule is Cc1cc(Br)cn2c3c(nc12)-c1ccccc1C(C)C3. The Labute approximate surface area is 126 Å². The minimum Gasteiger partial charge on any atom is -0.302 e. The van der Waals surface area contributed by atoms with E-state index in [1.54, 1.807) is 0 Å². The maximum Gasteiger partial charge on any atom is 0.140 e. The molecule has 20 heavy (non-hydrogen) atoms. The number of hydrogen-bond donors (Lipinski definition) is 0. The van der Waals surface area contributed by atoms with Crippen molar-refractivity contribution >= 4 is 21.6 Å². The Bertz CT molecular complexity index is 832. The van der Waals surface area contributed by atoms with Gasteiger partial charge >= 0.3 is 0 Å². The van der Waals surface area contributed by atoms with Crippen LogP contribution in [0.3, 0.4) is 0 Å². The van der Waals surface area contributed by atoms with Gasteiger partial charge < -0.3 is 4.40 Å². The number of benzene rings is 1. The fourth-order valence-electron chi connectivity index (χ4n) is 3.27. The van der Waals surface area contributed by atoms with Crippen LogP contribution < -0.4 is 0 Å². The van der Waals surface area contributed by atoms with Gasteiger partial charge in [-0.25, -0.2) is 4.98 Å². The molecule has 100 valence electrons. The molecule has 1 aliphatic carbocycles. The average Bonchev–Trinajstić information content (AvgIpc) is 2.79. The van der Waals surface area contributed by atoms with E-state index < -0.39 is 0 Å². The minimum atomic E-state index is 0.540. The quantitative estimate of drug-likeness (QED) is 0.583. The number of fused-ring (bicyclic) bond motifs is 5. The molecule has 1 atom stereocenters. The van der Waals surface area contributed by atoms with Crippen LogP contribution in [0.2, 0.25) is 0 Å². The summed E-state index contributed by atoms with van der Waals surface area (Å²) in [6.45, 7) is 4.42. The molecule has 1 aromatic carbocycles. The molecule has 0 bridgehead atoms. The van der Waals surface area contributed by atoms with Crippen LogP contribution in [0.5, 0.6) is 0 Å². The van der Waals surface area contributed by atoms with E-state index in [1.165, 1.54) is 22.4 Å². The molecule has 1 unspecified atom stereocenters. The Balaban J connectivity index is 2.11. The third-order valence-corrected chi connectivity index (χ3v) is 4.65. The topological polar surface area (TPSA) is 17.3 Å². The normalized spacial score (nSPS) is 17.1. The van der Waals surface area contributed by atoms with Crippen LogP contribution in [0.4, 0.5) is 0 Å². The van der Waals surface area contributed by atoms with Gasteiger partial charge in [-0.1, -0.05) is 31.2 Å². The van der Waals surface area contributed by atoms with E-state index in [0.717, 1.165) is 22.2 Å². The maximum absolute atomic E-state index is 4.91. The molecular formula is C17H15BrN2. The third kappa shape index (κ3) is 1.59. The highest BCUT2D eigenvalue weighted by atomic mass is 79.9. The second kappa shape index (κ2) is 4.19. The van der Waals surface area contributed by atoms with Crippen LogP contribution in [0.1, 0.15) is 29.7 Å². The van der Waals surface area contributed by atoms with Crippen LogP contribution >= 0.6 is 15.9 Å². The van der Waals surface area contributed by atoms with Gasteiger partial charge in [-0.15, -0.1) is 0 Å². The zero-order valence-electron chi connectivity index (χ0n) is 11.5. The highest BCUT2D eigenvalue weighted by molar-refractivity contribution is 9.10. The smallest absolute Gasteiger partial charge is 0.140 e. The molecule has 0 aliphatic heterocycles. The lowest BCUT2D eigenvalue weighted by atomic mass is 9.84. The number of aromatic nitrogens is 2. The van der Waals surface area contributed by atoms with Crippen LogP contribution in [-0.2, 0) is 6.42 Å². The van der Waals surface area contributed by atoms with E-state index in [1.807, 2.05) is 0 Å². The highest BCUT2D eigenvalue weighted by Crippen LogP contribution is 2.39. The summed E-state index contributed by atoms with van der Waals surface area (Å²) in [6.07, 6.45) is 3.18. The van der Waals surface area contributed by atoms with E-state index in [2.05, 4.69) is 70.7 Å². The number of hydrogen-bond acceptors (Lipinski definition) is 1. The fourth-order valence-corrected chi connectivity index (χ4v) is 3.82. The number of rotatable bonds is 0. The molecule has 4 rings (SSSR count). The van der Waals surface area contributed by atoms with Gasteiger partial charge in [0.15, 0.2) is 0 Å². The van der Waals surface area contributed by atoms with Crippen molar-refractivity contribution in [2.45, 2.75) is 26.2 Å². The zero-order chi connectivity index (χ0) is 13.9. The Morgan fingerprint density at radius 1 is 1.30 bits per heavy atom. The molecule has 2 aromatic heterocycles. The standard InChI is InChI=1S/C17H15BrN2/c1-10-8-15-16(14-6-4-3-5-13(10)14)19-17-11(2)7-12(18)9-20(15)17/h3-7,9-10H,8H2,1-2H3. The van der Waals surface area contributed by atoms with Gasteiger partial charge in [0.05, 0.1) is 11.4 Å². The molecule has 1 aliphatic rings. The lowest BCUT2D eigenvalue weighted by molar-refractivity contribution is 0.724. The van der Waals surface area contributed by atoms with Crippen molar-refractivity contribution in [2.75, 3.05) is 0 Å². The first-order chi connectivity index (χ1) is 9.65. The molecule has 0 fully saturated rings. The first kappa shape index (κ1) is 12.2. The molecule has 0 radical (unpaired) electrons. The summed E-state index contributed by atoms with van der Waals surface area (Å²) in [4.78, 5) is 4.91. The molecule has 0 saturated heterocycles. The van der Waals surface area contributed by atoms with Gasteiger partial charge in [-0.05, 0) is 52.4 Å². The molecule has 0 spiro atoms. The molecular weight excluding hydrogens is 312 g/mol. The van der Waals surface area contributed by atoms with Crippen molar-refractivity contribution < 1.29 is 0 Å². The first-order valence-corrected chi connectivity index (χ1v) is 7.71. The molecule has 0 saturated carbocycles. The van der Waals surface area contributed by atoms with Gasteiger partial charge in [-0.3, -0.25) is 0 Å². The van der Waals surface area contributed by atoms with E-state index in [9.17, 15) is 0 Å². The Kier molecular flexibility index (Phi) is 2.55. The number of imidazole rings is 1. The Morgan fingerprint density at radius 3 is 2.95 bits per heavy atom. The van der Waals surface area contributed by atoms with Gasteiger partial charge in [0.25, 0.3) is 0 Å². The van der Waals surface area contributed by atoms with E-state index in [0.29, 0.717) is 5.92 Å². The van der Waals surface area contributed by atoms with Gasteiger partial charge in [0, 0.05) is 16.2 Å². The van der Waals surface area contributed by atoms with E-state index >= 15 is 0 Å². The first-order valence-electron chi connectivity index (χ1n) is 6.91. The highest BCUT2D eigenvalue weighted by Gasteiger charge is 2.26. The average molecular weight is 327 g/mol. The van der Waals surface area contributed by atoms with E-state index in [4.69, 9.17) is 4.98 Å². The number of pyridine rings is 1. The number of aryl methyl sites for hydroxylation is 1. The van der Waals surface area contributed by atoms with E-state index in [-0.39, 0.29) is 0 Å². The molecule has 2 heterocycles. The van der Waals surface area contributed by atoms with Gasteiger partial charge in [-0.2, -0.15) is 0 Å². The molecule has 3 heteroatoms. The number of nitrogens with zero attached hydrogens (tertiary/aromatic N) is 2. The van der Waals surface area contributed by atoms with Crippen LogP contribution in [-0.4, -0.2) is 9.38 Å². The van der Waals surface area contributed by atoms with Crippen molar-refractivity contribution in [1.29, 1.82) is 0 Å². The molecule has 2 nitrogen and oxygen atoms in total. The monoisotopic (exact) mass is 326 g/mol. The predicted molar refractivity (Wildman–Crippen MR) is 85.2 cm³/mol. The summed E-state index contributed by atoms with van der Waals surface area (Å²) in [5, 5.41) is 0. The van der Waals surface area contributed by atoms with Gasteiger partial charge in [0.2, 0.25) is 0 Å². The van der Waals surface area contributed by atoms with Crippen molar-refractivity contribution in [3.63, 3.8) is 0 Å². The lowest BCUT2D eigenvalue weighted by Crippen LogP contribution is -2.09. The Hall–Kier alpha value is -1.61. The number of halogens is 1. The van der Waals surface area contributed by atoms with Crippen molar-refractivity contribution in [3.8, 4) is 11.3 Å². The Morgan fingerprint density at radius 2 is 2.10 bits per heavy atom. The maximum atomic E-state index is 4.91. The van der Waals surface area contributed by atoms with Crippen molar-refractivity contribution in [2.24, 2.45) is 0 Å². The zero-order valence-corrected chi connectivity index (χ0v) is 13.1. The second-order valence-corrected chi connectivity index (χ2v) is 6.55. The summed E-state index contributed by atoms with van der Waals surface area (Å²) in [6, 6.07) is 10.8. The summed E-state index contributed by atoms with van der Waals surface area (Å²) in [5.74, 6) is 0.540. The largest absolute Gasteiger partial charge is 0.302 e. The van der Waals surface area contributed by atoms with Gasteiger partial charge in [0.1, 0.15) is 5.65 Å². The predicted octanol–water partition coefficient (Wildman–Crippen LogP) is 4.73. The van der Waals surface area contributed by atoms with Crippen LogP contribution in [0, 0.1) is 6.92 Å². The third-order valence-electron chi connectivity index (χ3n) is 4.22. The molecule has 3 aromatic rings. The fraction of sp³-hybridized carbons (Fsp3) is 0.235. The summed E-state index contributed by atoms with van der Waals surface area (Å²) >= 11 is 3.59. The van der Waals surface area contributed by atoms with Crippen LogP contribution in [0.25, 0.3) is 16.9 Å². The molecule has 0 N–H and O–H groups in total. The summed E-state index contributed by atoms with van der Waals surface area (Å²) < 4.78 is 3.36. The van der Waals surface area contributed by atoms with Crippen molar-refractivity contribution in [1.82, 2.24) is 9.38 Å². The summed E-state index contributed by atoms with van der Waals surface area (Å²) in [5.41, 5.74) is 7.47. The summed E-state index contributed by atoms with van der Waals surface area (Å²) in [7, 11) is 0. The lowest BCUT2D eigenvalue weighted by Gasteiger charge is -2.22. The molecule has 0 amide bonds. The van der Waals surface area contributed by atoms with Crippen LogP contribution in [0.15, 0.2) is 41.0 Å². The second-order valence-electron chi connectivity index (χ2n) is 5.63.